The zero-order chi connectivity index (χ0) is 23.9. The van der Waals surface area contributed by atoms with Gasteiger partial charge in [-0.2, -0.15) is 0 Å². The molecular weight excluding hydrogens is 433 g/mol. The monoisotopic (exact) mass is 465 g/mol. The van der Waals surface area contributed by atoms with Crippen molar-refractivity contribution in [2.75, 3.05) is 31.1 Å². The fourth-order valence-electron chi connectivity index (χ4n) is 4.69. The number of piperidine rings is 1. The highest BCUT2D eigenvalue weighted by Gasteiger charge is 2.31. The van der Waals surface area contributed by atoms with Crippen molar-refractivity contribution in [1.82, 2.24) is 10.2 Å². The third kappa shape index (κ3) is 5.83. The number of carbonyl (C=O) groups is 2. The van der Waals surface area contributed by atoms with Gasteiger partial charge in [0, 0.05) is 19.1 Å². The van der Waals surface area contributed by atoms with Crippen molar-refractivity contribution in [3.05, 3.63) is 65.7 Å². The van der Waals surface area contributed by atoms with Crippen molar-refractivity contribution in [3.63, 3.8) is 0 Å². The lowest BCUT2D eigenvalue weighted by Gasteiger charge is -2.35. The Balaban J connectivity index is 1.38. The van der Waals surface area contributed by atoms with E-state index >= 15 is 0 Å². The number of ether oxygens (including phenoxy) is 1. The number of para-hydroxylation sites is 2. The van der Waals surface area contributed by atoms with E-state index in [1.807, 2.05) is 0 Å². The Kier molecular flexibility index (Phi) is 7.95. The van der Waals surface area contributed by atoms with Crippen LogP contribution in [0, 0.1) is 5.82 Å². The van der Waals surface area contributed by atoms with Crippen LogP contribution in [0.25, 0.3) is 6.08 Å². The largest absolute Gasteiger partial charge is 0.449 e. The number of benzene rings is 2. The minimum Gasteiger partial charge on any atom is -0.449 e. The maximum absolute atomic E-state index is 13.6. The SMILES string of the molecule is CCC1CCCCN1CCCNC(=O)CN1C(=O)/C(=C\c2cccc(F)c2)Oc2ccccc21. The summed E-state index contributed by atoms with van der Waals surface area (Å²) in [4.78, 5) is 29.8. The van der Waals surface area contributed by atoms with Crippen LogP contribution in [0.4, 0.5) is 10.1 Å². The number of nitrogens with zero attached hydrogens (tertiary/aromatic N) is 2. The van der Waals surface area contributed by atoms with Crippen LogP contribution in [0.1, 0.15) is 44.6 Å². The molecule has 1 unspecified atom stereocenters. The first-order valence-electron chi connectivity index (χ1n) is 12.1. The molecule has 7 heteroatoms. The average Bonchev–Trinajstić information content (AvgIpc) is 2.84. The average molecular weight is 466 g/mol. The Hall–Kier alpha value is -3.19. The molecule has 2 amide bonds. The lowest BCUT2D eigenvalue weighted by Crippen LogP contribution is -2.45. The van der Waals surface area contributed by atoms with Crippen molar-refractivity contribution in [2.45, 2.75) is 45.1 Å². The molecule has 2 aromatic rings. The summed E-state index contributed by atoms with van der Waals surface area (Å²) in [7, 11) is 0. The van der Waals surface area contributed by atoms with Gasteiger partial charge in [0.25, 0.3) is 5.91 Å². The van der Waals surface area contributed by atoms with Crippen LogP contribution in [0.3, 0.4) is 0 Å². The second-order valence-electron chi connectivity index (χ2n) is 8.82. The number of hydrogen-bond donors (Lipinski definition) is 1. The van der Waals surface area contributed by atoms with Gasteiger partial charge in [-0.3, -0.25) is 14.5 Å². The molecule has 0 saturated carbocycles. The van der Waals surface area contributed by atoms with E-state index in [1.165, 1.54) is 42.4 Å². The maximum atomic E-state index is 13.6. The Morgan fingerprint density at radius 2 is 2.06 bits per heavy atom. The Labute approximate surface area is 200 Å². The molecule has 2 aromatic carbocycles. The number of nitrogens with one attached hydrogen (secondary N) is 1. The Morgan fingerprint density at radius 1 is 1.21 bits per heavy atom. The standard InChI is InChI=1S/C27H32FN3O3/c1-2-22-11-5-6-15-30(22)16-8-14-29-26(32)19-31-23-12-3-4-13-24(23)34-25(27(31)33)18-20-9-7-10-21(28)17-20/h3-4,7,9-10,12-13,17-18,22H,2,5-6,8,11,14-16,19H2,1H3,(H,29,32)/b25-18+. The number of hydrogen-bond acceptors (Lipinski definition) is 4. The van der Waals surface area contributed by atoms with E-state index in [0.717, 1.165) is 25.9 Å². The summed E-state index contributed by atoms with van der Waals surface area (Å²) in [6, 6.07) is 13.7. The highest BCUT2D eigenvalue weighted by Crippen LogP contribution is 2.35. The van der Waals surface area contributed by atoms with Gasteiger partial charge in [0.15, 0.2) is 11.5 Å². The molecule has 0 bridgehead atoms. The lowest BCUT2D eigenvalue weighted by molar-refractivity contribution is -0.123. The topological polar surface area (TPSA) is 61.9 Å². The number of carbonyl (C=O) groups excluding carboxylic acids is 2. The van der Waals surface area contributed by atoms with Gasteiger partial charge < -0.3 is 15.0 Å². The van der Waals surface area contributed by atoms with E-state index in [0.29, 0.717) is 29.6 Å². The molecule has 2 aliphatic heterocycles. The highest BCUT2D eigenvalue weighted by atomic mass is 19.1. The lowest BCUT2D eigenvalue weighted by atomic mass is 10.00. The molecule has 0 spiro atoms. The van der Waals surface area contributed by atoms with Crippen LogP contribution in [0.15, 0.2) is 54.3 Å². The van der Waals surface area contributed by atoms with Crippen LogP contribution in [-0.4, -0.2) is 48.9 Å². The van der Waals surface area contributed by atoms with Crippen molar-refractivity contribution >= 4 is 23.6 Å². The summed E-state index contributed by atoms with van der Waals surface area (Å²) in [5, 5.41) is 2.96. The number of halogens is 1. The van der Waals surface area contributed by atoms with Crippen molar-refractivity contribution < 1.29 is 18.7 Å². The van der Waals surface area contributed by atoms with Gasteiger partial charge in [-0.05, 0) is 68.1 Å². The minimum atomic E-state index is -0.433. The van der Waals surface area contributed by atoms with Crippen LogP contribution in [-0.2, 0) is 9.59 Å². The molecule has 180 valence electrons. The Morgan fingerprint density at radius 3 is 2.88 bits per heavy atom. The first-order valence-corrected chi connectivity index (χ1v) is 12.1. The maximum Gasteiger partial charge on any atom is 0.294 e. The van der Waals surface area contributed by atoms with Gasteiger partial charge in [0.2, 0.25) is 5.91 Å². The summed E-state index contributed by atoms with van der Waals surface area (Å²) < 4.78 is 19.4. The zero-order valence-corrected chi connectivity index (χ0v) is 19.6. The quantitative estimate of drug-likeness (QED) is 0.465. The smallest absolute Gasteiger partial charge is 0.294 e. The molecule has 1 atom stereocenters. The normalized spacial score (nSPS) is 19.6. The van der Waals surface area contributed by atoms with Crippen molar-refractivity contribution in [2.24, 2.45) is 0 Å². The third-order valence-electron chi connectivity index (χ3n) is 6.44. The molecule has 0 aromatic heterocycles. The summed E-state index contributed by atoms with van der Waals surface area (Å²) in [6.07, 6.45) is 7.34. The van der Waals surface area contributed by atoms with E-state index < -0.39 is 11.7 Å². The molecule has 2 aliphatic rings. The summed E-state index contributed by atoms with van der Waals surface area (Å²) >= 11 is 0. The first kappa shape index (κ1) is 24.0. The summed E-state index contributed by atoms with van der Waals surface area (Å²) in [5.74, 6) is -0.525. The molecule has 1 fully saturated rings. The van der Waals surface area contributed by atoms with Gasteiger partial charge in [-0.1, -0.05) is 37.6 Å². The summed E-state index contributed by atoms with van der Waals surface area (Å²) in [5.41, 5.74) is 1.05. The zero-order valence-electron chi connectivity index (χ0n) is 19.6. The van der Waals surface area contributed by atoms with Gasteiger partial charge in [0.1, 0.15) is 12.4 Å². The molecule has 34 heavy (non-hydrogen) atoms. The molecule has 1 saturated heterocycles. The molecule has 1 N–H and O–H groups in total. The fraction of sp³-hybridized carbons (Fsp3) is 0.407. The predicted octanol–water partition coefficient (Wildman–Crippen LogP) is 4.36. The van der Waals surface area contributed by atoms with E-state index in [1.54, 1.807) is 36.4 Å². The fourth-order valence-corrected chi connectivity index (χ4v) is 4.69. The predicted molar refractivity (Wildman–Crippen MR) is 131 cm³/mol. The van der Waals surface area contributed by atoms with E-state index in [4.69, 9.17) is 4.74 Å². The molecule has 6 nitrogen and oxygen atoms in total. The van der Waals surface area contributed by atoms with Gasteiger partial charge in [-0.15, -0.1) is 0 Å². The molecule has 4 rings (SSSR count). The van der Waals surface area contributed by atoms with Crippen LogP contribution < -0.4 is 15.0 Å². The van der Waals surface area contributed by atoms with Crippen LogP contribution >= 0.6 is 0 Å². The number of anilines is 1. The number of amides is 2. The molecular formula is C27H32FN3O3. The van der Waals surface area contributed by atoms with Crippen molar-refractivity contribution in [1.29, 1.82) is 0 Å². The Bertz CT molecular complexity index is 1050. The molecule has 2 heterocycles. The minimum absolute atomic E-state index is 0.0489. The second-order valence-corrected chi connectivity index (χ2v) is 8.82. The number of fused-ring (bicyclic) bond motifs is 1. The number of likely N-dealkylation sites (tertiary alicyclic amines) is 1. The van der Waals surface area contributed by atoms with Crippen LogP contribution in [0.2, 0.25) is 0 Å². The summed E-state index contributed by atoms with van der Waals surface area (Å²) in [6.45, 7) is 4.79. The van der Waals surface area contributed by atoms with Crippen molar-refractivity contribution in [3.8, 4) is 5.75 Å². The molecule has 0 aliphatic carbocycles. The van der Waals surface area contributed by atoms with Gasteiger partial charge in [-0.25, -0.2) is 4.39 Å². The van der Waals surface area contributed by atoms with Crippen LogP contribution in [0.5, 0.6) is 5.75 Å². The van der Waals surface area contributed by atoms with E-state index in [-0.39, 0.29) is 18.2 Å². The third-order valence-corrected chi connectivity index (χ3v) is 6.44. The van der Waals surface area contributed by atoms with E-state index in [9.17, 15) is 14.0 Å². The van der Waals surface area contributed by atoms with Gasteiger partial charge in [0.05, 0.1) is 5.69 Å². The molecule has 0 radical (unpaired) electrons. The highest BCUT2D eigenvalue weighted by molar-refractivity contribution is 6.12. The first-order chi connectivity index (χ1) is 16.5. The second kappa shape index (κ2) is 11.3. The van der Waals surface area contributed by atoms with Gasteiger partial charge >= 0.3 is 0 Å². The van der Waals surface area contributed by atoms with E-state index in [2.05, 4.69) is 17.1 Å². The number of rotatable bonds is 8.